The Labute approximate surface area is 155 Å². The molecule has 3 rings (SSSR count). The van der Waals surface area contributed by atoms with Crippen molar-refractivity contribution >= 4 is 35.0 Å². The van der Waals surface area contributed by atoms with Crippen molar-refractivity contribution in [3.8, 4) is 0 Å². The average Bonchev–Trinajstić information content (AvgIpc) is 2.79. The lowest BCUT2D eigenvalue weighted by atomic mass is 9.78. The van der Waals surface area contributed by atoms with E-state index in [1.165, 1.54) is 38.5 Å². The Bertz CT molecular complexity index is 536. The molecular weight excluding hydrogens is 345 g/mol. The van der Waals surface area contributed by atoms with Crippen molar-refractivity contribution in [2.75, 3.05) is 12.8 Å². The van der Waals surface area contributed by atoms with Gasteiger partial charge in [-0.25, -0.2) is 0 Å². The molecule has 0 aliphatic carbocycles. The highest BCUT2D eigenvalue weighted by Gasteiger charge is 2.44. The van der Waals surface area contributed by atoms with E-state index in [1.54, 1.807) is 0 Å². The van der Waals surface area contributed by atoms with E-state index in [0.29, 0.717) is 5.02 Å². The van der Waals surface area contributed by atoms with Crippen molar-refractivity contribution in [3.63, 3.8) is 0 Å². The van der Waals surface area contributed by atoms with E-state index < -0.39 is 0 Å². The molecule has 2 bridgehead atoms. The topological polar surface area (TPSA) is 3.24 Å². The predicted octanol–water partition coefficient (Wildman–Crippen LogP) is 6.37. The third kappa shape index (κ3) is 3.86. The summed E-state index contributed by atoms with van der Waals surface area (Å²) in [6.45, 7) is 2.30. The van der Waals surface area contributed by atoms with Crippen LogP contribution in [0, 0.1) is 11.8 Å². The number of piperidine rings is 1. The van der Waals surface area contributed by atoms with Crippen LogP contribution in [0.5, 0.6) is 0 Å². The highest BCUT2D eigenvalue weighted by molar-refractivity contribution is 7.99. The molecule has 2 saturated heterocycles. The number of thioether (sulfide) groups is 1. The summed E-state index contributed by atoms with van der Waals surface area (Å²) in [6.07, 6.45) is 8.23. The second-order valence-electron chi connectivity index (χ2n) is 7.13. The molecule has 0 radical (unpaired) electrons. The fourth-order valence-corrected chi connectivity index (χ4v) is 6.30. The fraction of sp³-hybridized carbons (Fsp3) is 0.684. The zero-order chi connectivity index (χ0) is 16.4. The van der Waals surface area contributed by atoms with Gasteiger partial charge in [0, 0.05) is 22.7 Å². The summed E-state index contributed by atoms with van der Waals surface area (Å²) < 4.78 is 0. The van der Waals surface area contributed by atoms with Gasteiger partial charge in [0.15, 0.2) is 0 Å². The summed E-state index contributed by atoms with van der Waals surface area (Å²) in [4.78, 5) is 3.80. The van der Waals surface area contributed by atoms with Gasteiger partial charge in [-0.2, -0.15) is 0 Å². The van der Waals surface area contributed by atoms with E-state index in [0.717, 1.165) is 39.6 Å². The van der Waals surface area contributed by atoms with Crippen LogP contribution in [0.15, 0.2) is 23.1 Å². The maximum atomic E-state index is 6.37. The number of fused-ring (bicyclic) bond motifs is 2. The Morgan fingerprint density at radius 3 is 2.87 bits per heavy atom. The first kappa shape index (κ1) is 17.9. The Morgan fingerprint density at radius 2 is 2.09 bits per heavy atom. The molecule has 2 fully saturated rings. The highest BCUT2D eigenvalue weighted by atomic mass is 35.5. The Balaban J connectivity index is 1.70. The van der Waals surface area contributed by atoms with Gasteiger partial charge >= 0.3 is 0 Å². The fourth-order valence-electron chi connectivity index (χ4n) is 4.51. The van der Waals surface area contributed by atoms with E-state index in [4.69, 9.17) is 23.2 Å². The van der Waals surface area contributed by atoms with Gasteiger partial charge in [0.1, 0.15) is 0 Å². The van der Waals surface area contributed by atoms with E-state index in [1.807, 2.05) is 23.9 Å². The first-order valence-electron chi connectivity index (χ1n) is 8.90. The van der Waals surface area contributed by atoms with Crippen LogP contribution in [0.25, 0.3) is 0 Å². The minimum atomic E-state index is 0.667. The summed E-state index contributed by atoms with van der Waals surface area (Å²) in [5, 5.41) is 1.39. The Kier molecular flexibility index (Phi) is 6.23. The third-order valence-electron chi connectivity index (χ3n) is 5.85. The molecular formula is C19H27Cl2NS. The molecule has 23 heavy (non-hydrogen) atoms. The second-order valence-corrected chi connectivity index (χ2v) is 8.98. The number of nitrogens with zero attached hydrogens (tertiary/aromatic N) is 1. The van der Waals surface area contributed by atoms with Crippen LogP contribution >= 0.6 is 35.0 Å². The summed E-state index contributed by atoms with van der Waals surface area (Å²) in [5.74, 6) is 2.83. The van der Waals surface area contributed by atoms with Gasteiger partial charge in [0.05, 0.1) is 10.0 Å². The molecule has 0 saturated carbocycles. The summed E-state index contributed by atoms with van der Waals surface area (Å²) >= 11 is 14.4. The van der Waals surface area contributed by atoms with Crippen LogP contribution in [-0.2, 0) is 0 Å². The van der Waals surface area contributed by atoms with Crippen molar-refractivity contribution in [2.24, 2.45) is 11.8 Å². The molecule has 1 aromatic rings. The number of rotatable bonds is 6. The van der Waals surface area contributed by atoms with Crippen molar-refractivity contribution in [1.29, 1.82) is 0 Å². The zero-order valence-electron chi connectivity index (χ0n) is 14.1. The quantitative estimate of drug-likeness (QED) is 0.534. The maximum absolute atomic E-state index is 6.37. The predicted molar refractivity (Wildman–Crippen MR) is 103 cm³/mol. The summed E-state index contributed by atoms with van der Waals surface area (Å²) in [6, 6.07) is 7.57. The van der Waals surface area contributed by atoms with Gasteiger partial charge in [-0.1, -0.05) is 55.5 Å². The SMILES string of the molecule is CCCC[C@H]1CC2CCC([C@@H]1CSc1cccc(Cl)c1Cl)N2C. The molecule has 4 atom stereocenters. The first-order chi connectivity index (χ1) is 11.1. The van der Waals surface area contributed by atoms with Crippen LogP contribution in [0.3, 0.4) is 0 Å². The lowest BCUT2D eigenvalue weighted by Gasteiger charge is -2.43. The van der Waals surface area contributed by atoms with Crippen molar-refractivity contribution in [3.05, 3.63) is 28.2 Å². The third-order valence-corrected chi connectivity index (χ3v) is 7.98. The summed E-state index contributed by atoms with van der Waals surface area (Å²) in [7, 11) is 2.34. The van der Waals surface area contributed by atoms with Gasteiger partial charge in [-0.3, -0.25) is 0 Å². The van der Waals surface area contributed by atoms with Crippen molar-refractivity contribution in [1.82, 2.24) is 4.90 Å². The standard InChI is InChI=1S/C19H27Cl2NS/c1-3-4-6-13-11-14-9-10-17(22(14)2)15(13)12-23-18-8-5-7-16(20)19(18)21/h5,7-8,13-15,17H,3-4,6,9-12H2,1-2H3/t13-,14?,15+,17?/m0/s1. The van der Waals surface area contributed by atoms with Crippen molar-refractivity contribution < 1.29 is 0 Å². The monoisotopic (exact) mass is 371 g/mol. The molecule has 0 aromatic heterocycles. The van der Waals surface area contributed by atoms with Crippen molar-refractivity contribution in [2.45, 2.75) is 62.4 Å². The number of benzene rings is 1. The maximum Gasteiger partial charge on any atom is 0.0728 e. The molecule has 2 heterocycles. The Morgan fingerprint density at radius 1 is 1.26 bits per heavy atom. The van der Waals surface area contributed by atoms with Crippen LogP contribution in [0.4, 0.5) is 0 Å². The average molecular weight is 372 g/mol. The first-order valence-corrected chi connectivity index (χ1v) is 10.6. The van der Waals surface area contributed by atoms with E-state index in [-0.39, 0.29) is 0 Å². The normalized spacial score (nSPS) is 30.8. The van der Waals surface area contributed by atoms with Gasteiger partial charge in [0.25, 0.3) is 0 Å². The number of unbranched alkanes of at least 4 members (excludes halogenated alkanes) is 1. The van der Waals surface area contributed by atoms with Gasteiger partial charge in [-0.15, -0.1) is 11.8 Å². The van der Waals surface area contributed by atoms with Crippen LogP contribution < -0.4 is 0 Å². The lowest BCUT2D eigenvalue weighted by molar-refractivity contribution is 0.0750. The number of halogens is 2. The van der Waals surface area contributed by atoms with Gasteiger partial charge in [0.2, 0.25) is 0 Å². The minimum absolute atomic E-state index is 0.667. The van der Waals surface area contributed by atoms with E-state index in [9.17, 15) is 0 Å². The lowest BCUT2D eigenvalue weighted by Crippen LogP contribution is -2.47. The molecule has 0 spiro atoms. The van der Waals surface area contributed by atoms with Gasteiger partial charge in [-0.05, 0) is 50.3 Å². The Hall–Kier alpha value is 0.110. The number of hydrogen-bond acceptors (Lipinski definition) is 2. The molecule has 0 N–H and O–H groups in total. The molecule has 4 heteroatoms. The second kappa shape index (κ2) is 7.99. The molecule has 1 aromatic carbocycles. The molecule has 0 amide bonds. The molecule has 1 nitrogen and oxygen atoms in total. The largest absolute Gasteiger partial charge is 0.300 e. The molecule has 128 valence electrons. The van der Waals surface area contributed by atoms with Gasteiger partial charge < -0.3 is 4.90 Å². The highest BCUT2D eigenvalue weighted by Crippen LogP contribution is 2.46. The minimum Gasteiger partial charge on any atom is -0.300 e. The zero-order valence-corrected chi connectivity index (χ0v) is 16.4. The molecule has 2 aliphatic rings. The van der Waals surface area contributed by atoms with Crippen LogP contribution in [0.2, 0.25) is 10.0 Å². The van der Waals surface area contributed by atoms with E-state index >= 15 is 0 Å². The van der Waals surface area contributed by atoms with Crippen LogP contribution in [-0.4, -0.2) is 29.8 Å². The van der Waals surface area contributed by atoms with Crippen LogP contribution in [0.1, 0.15) is 45.4 Å². The molecule has 2 unspecified atom stereocenters. The van der Waals surface area contributed by atoms with E-state index in [2.05, 4.69) is 24.9 Å². The smallest absolute Gasteiger partial charge is 0.0728 e. The number of hydrogen-bond donors (Lipinski definition) is 0. The molecule has 2 aliphatic heterocycles. The summed E-state index contributed by atoms with van der Waals surface area (Å²) in [5.41, 5.74) is 0.